The molecule has 1 saturated carbocycles. The maximum absolute atomic E-state index is 11.9. The van der Waals surface area contributed by atoms with Gasteiger partial charge in [0.2, 0.25) is 0 Å². The Hall–Kier alpha value is -1.62. The molecule has 0 aliphatic heterocycles. The average Bonchev–Trinajstić information content (AvgIpc) is 2.85. The van der Waals surface area contributed by atoms with Gasteiger partial charge in [0.25, 0.3) is 5.91 Å². The fourth-order valence-corrected chi connectivity index (χ4v) is 1.66. The van der Waals surface area contributed by atoms with Gasteiger partial charge in [-0.15, -0.1) is 0 Å². The first-order valence-corrected chi connectivity index (χ1v) is 5.26. The molecule has 4 N–H and O–H groups in total. The van der Waals surface area contributed by atoms with Crippen molar-refractivity contribution in [1.29, 1.82) is 0 Å². The van der Waals surface area contributed by atoms with Gasteiger partial charge in [-0.1, -0.05) is 13.8 Å². The van der Waals surface area contributed by atoms with Crippen LogP contribution in [0.3, 0.4) is 0 Å². The lowest BCUT2D eigenvalue weighted by atomic mass is 10.1. The van der Waals surface area contributed by atoms with Gasteiger partial charge in [-0.05, 0) is 17.9 Å². The van der Waals surface area contributed by atoms with Crippen LogP contribution in [0.25, 0.3) is 0 Å². The summed E-state index contributed by atoms with van der Waals surface area (Å²) in [4.78, 5) is 15.8. The molecule has 1 aliphatic carbocycles. The SMILES string of the molecule is CC1(C)CC1NC(=O)c1ccncc1NN. The molecule has 1 amide bonds. The molecule has 86 valence electrons. The first kappa shape index (κ1) is 10.9. The van der Waals surface area contributed by atoms with E-state index in [4.69, 9.17) is 5.84 Å². The van der Waals surface area contributed by atoms with Crippen LogP contribution in [0, 0.1) is 5.41 Å². The number of nitrogen functional groups attached to an aromatic ring is 1. The Balaban J connectivity index is 2.09. The maximum atomic E-state index is 11.9. The van der Waals surface area contributed by atoms with Gasteiger partial charge in [0, 0.05) is 12.2 Å². The van der Waals surface area contributed by atoms with Crippen molar-refractivity contribution in [3.63, 3.8) is 0 Å². The van der Waals surface area contributed by atoms with E-state index < -0.39 is 0 Å². The van der Waals surface area contributed by atoms with Crippen molar-refractivity contribution < 1.29 is 4.79 Å². The van der Waals surface area contributed by atoms with Gasteiger partial charge in [-0.2, -0.15) is 0 Å². The summed E-state index contributed by atoms with van der Waals surface area (Å²) in [7, 11) is 0. The fourth-order valence-electron chi connectivity index (χ4n) is 1.66. The Bertz CT molecular complexity index is 416. The van der Waals surface area contributed by atoms with E-state index in [1.165, 1.54) is 6.20 Å². The summed E-state index contributed by atoms with van der Waals surface area (Å²) >= 11 is 0. The Morgan fingerprint density at radius 3 is 2.88 bits per heavy atom. The van der Waals surface area contributed by atoms with Crippen LogP contribution in [0.2, 0.25) is 0 Å². The highest BCUT2D eigenvalue weighted by Crippen LogP contribution is 2.44. The van der Waals surface area contributed by atoms with Gasteiger partial charge in [0.1, 0.15) is 0 Å². The number of anilines is 1. The largest absolute Gasteiger partial charge is 0.349 e. The Morgan fingerprint density at radius 2 is 2.31 bits per heavy atom. The van der Waals surface area contributed by atoms with Crippen LogP contribution in [0.15, 0.2) is 18.5 Å². The maximum Gasteiger partial charge on any atom is 0.253 e. The molecule has 5 nitrogen and oxygen atoms in total. The van der Waals surface area contributed by atoms with E-state index >= 15 is 0 Å². The number of nitrogens with zero attached hydrogens (tertiary/aromatic N) is 1. The summed E-state index contributed by atoms with van der Waals surface area (Å²) in [6.07, 6.45) is 4.13. The van der Waals surface area contributed by atoms with Crippen molar-refractivity contribution in [3.8, 4) is 0 Å². The highest BCUT2D eigenvalue weighted by molar-refractivity contribution is 5.99. The van der Waals surface area contributed by atoms with Gasteiger partial charge >= 0.3 is 0 Å². The van der Waals surface area contributed by atoms with E-state index in [-0.39, 0.29) is 17.4 Å². The quantitative estimate of drug-likeness (QED) is 0.522. The number of nitrogens with two attached hydrogens (primary N) is 1. The number of hydrogen-bond acceptors (Lipinski definition) is 4. The minimum Gasteiger partial charge on any atom is -0.349 e. The fraction of sp³-hybridized carbons (Fsp3) is 0.455. The molecule has 2 rings (SSSR count). The molecule has 1 aliphatic rings. The van der Waals surface area contributed by atoms with E-state index in [1.807, 2.05) is 0 Å². The molecule has 0 bridgehead atoms. The van der Waals surface area contributed by atoms with Crippen LogP contribution < -0.4 is 16.6 Å². The molecule has 1 aromatic rings. The highest BCUT2D eigenvalue weighted by atomic mass is 16.1. The number of pyridine rings is 1. The van der Waals surface area contributed by atoms with Crippen molar-refractivity contribution in [2.75, 3.05) is 5.43 Å². The molecule has 0 radical (unpaired) electrons. The average molecular weight is 220 g/mol. The second-order valence-corrected chi connectivity index (χ2v) is 4.78. The summed E-state index contributed by atoms with van der Waals surface area (Å²) in [5.41, 5.74) is 3.76. The monoisotopic (exact) mass is 220 g/mol. The van der Waals surface area contributed by atoms with Crippen molar-refractivity contribution in [2.24, 2.45) is 11.3 Å². The molecule has 1 atom stereocenters. The minimum atomic E-state index is -0.106. The lowest BCUT2D eigenvalue weighted by Gasteiger charge is -2.09. The van der Waals surface area contributed by atoms with Crippen LogP contribution in [0.4, 0.5) is 5.69 Å². The minimum absolute atomic E-state index is 0.106. The molecule has 16 heavy (non-hydrogen) atoms. The molecule has 0 saturated heterocycles. The molecule has 0 aromatic carbocycles. The number of hydrogen-bond donors (Lipinski definition) is 3. The normalized spacial score (nSPS) is 21.3. The van der Waals surface area contributed by atoms with Gasteiger partial charge in [-0.25, -0.2) is 0 Å². The second kappa shape index (κ2) is 3.75. The first-order chi connectivity index (χ1) is 7.54. The highest BCUT2D eigenvalue weighted by Gasteiger charge is 2.46. The number of rotatable bonds is 3. The molecule has 5 heteroatoms. The second-order valence-electron chi connectivity index (χ2n) is 4.78. The number of carbonyl (C=O) groups is 1. The van der Waals surface area contributed by atoms with Crippen molar-refractivity contribution in [2.45, 2.75) is 26.3 Å². The number of carbonyl (C=O) groups excluding carboxylic acids is 1. The van der Waals surface area contributed by atoms with E-state index in [0.29, 0.717) is 11.3 Å². The van der Waals surface area contributed by atoms with Gasteiger partial charge in [0.05, 0.1) is 17.4 Å². The van der Waals surface area contributed by atoms with Crippen LogP contribution in [-0.4, -0.2) is 16.9 Å². The molecule has 0 spiro atoms. The van der Waals surface area contributed by atoms with Crippen molar-refractivity contribution in [3.05, 3.63) is 24.0 Å². The van der Waals surface area contributed by atoms with Crippen LogP contribution in [0.5, 0.6) is 0 Å². The van der Waals surface area contributed by atoms with Crippen molar-refractivity contribution >= 4 is 11.6 Å². The lowest BCUT2D eigenvalue weighted by molar-refractivity contribution is 0.0947. The number of nitrogens with one attached hydrogen (secondary N) is 2. The van der Waals surface area contributed by atoms with Gasteiger partial charge < -0.3 is 10.7 Å². The zero-order chi connectivity index (χ0) is 11.8. The topological polar surface area (TPSA) is 80.0 Å². The summed E-state index contributed by atoms with van der Waals surface area (Å²) in [6.45, 7) is 4.26. The third kappa shape index (κ3) is 1.99. The standard InChI is InChI=1S/C11H16N4O/c1-11(2)5-9(11)14-10(16)7-3-4-13-6-8(7)15-12/h3-4,6,9,15H,5,12H2,1-2H3,(H,14,16). The molecular formula is C11H16N4O. The third-order valence-corrected chi connectivity index (χ3v) is 3.04. The summed E-state index contributed by atoms with van der Waals surface area (Å²) in [6, 6.07) is 1.92. The molecule has 1 heterocycles. The Labute approximate surface area is 94.4 Å². The van der Waals surface area contributed by atoms with Crippen LogP contribution in [-0.2, 0) is 0 Å². The lowest BCUT2D eigenvalue weighted by Crippen LogP contribution is -2.29. The molecule has 1 fully saturated rings. The van der Waals surface area contributed by atoms with E-state index in [0.717, 1.165) is 6.42 Å². The van der Waals surface area contributed by atoms with Crippen LogP contribution >= 0.6 is 0 Å². The Morgan fingerprint density at radius 1 is 1.62 bits per heavy atom. The predicted molar refractivity (Wildman–Crippen MR) is 61.7 cm³/mol. The smallest absolute Gasteiger partial charge is 0.253 e. The van der Waals surface area contributed by atoms with Crippen LogP contribution in [0.1, 0.15) is 30.6 Å². The third-order valence-electron chi connectivity index (χ3n) is 3.04. The summed E-state index contributed by atoms with van der Waals surface area (Å²) < 4.78 is 0. The van der Waals surface area contributed by atoms with Gasteiger partial charge in [0.15, 0.2) is 0 Å². The number of aromatic nitrogens is 1. The Kier molecular flexibility index (Phi) is 2.55. The molecule has 1 aromatic heterocycles. The van der Waals surface area contributed by atoms with Gasteiger partial charge in [-0.3, -0.25) is 15.6 Å². The molecular weight excluding hydrogens is 204 g/mol. The summed E-state index contributed by atoms with van der Waals surface area (Å²) in [5, 5.41) is 2.97. The predicted octanol–water partition coefficient (Wildman–Crippen LogP) is 0.895. The van der Waals surface area contributed by atoms with E-state index in [9.17, 15) is 4.79 Å². The zero-order valence-electron chi connectivity index (χ0n) is 9.45. The van der Waals surface area contributed by atoms with Crippen molar-refractivity contribution in [1.82, 2.24) is 10.3 Å². The number of amides is 1. The molecule has 1 unspecified atom stereocenters. The first-order valence-electron chi connectivity index (χ1n) is 5.26. The zero-order valence-corrected chi connectivity index (χ0v) is 9.45. The summed E-state index contributed by atoms with van der Waals surface area (Å²) in [5.74, 6) is 5.21. The van der Waals surface area contributed by atoms with E-state index in [1.54, 1.807) is 12.3 Å². The number of hydrazine groups is 1. The van der Waals surface area contributed by atoms with E-state index in [2.05, 4.69) is 29.6 Å².